The summed E-state index contributed by atoms with van der Waals surface area (Å²) < 4.78 is 0. The van der Waals surface area contributed by atoms with Gasteiger partial charge in [-0.2, -0.15) is 0 Å². The monoisotopic (exact) mass is 314 g/mol. The van der Waals surface area contributed by atoms with E-state index in [0.717, 1.165) is 11.1 Å². The van der Waals surface area contributed by atoms with Crippen molar-refractivity contribution in [1.82, 2.24) is 10.3 Å². The number of aromatic nitrogens is 1. The van der Waals surface area contributed by atoms with Gasteiger partial charge in [0.05, 0.1) is 12.5 Å². The van der Waals surface area contributed by atoms with Gasteiger partial charge in [-0.25, -0.2) is 9.78 Å². The maximum Gasteiger partial charge on any atom is 0.312 e. The van der Waals surface area contributed by atoms with Gasteiger partial charge in [0.1, 0.15) is 0 Å². The predicted octanol–water partition coefficient (Wildman–Crippen LogP) is 1.83. The second-order valence-electron chi connectivity index (χ2n) is 5.10. The summed E-state index contributed by atoms with van der Waals surface area (Å²) in [7, 11) is 0. The van der Waals surface area contributed by atoms with Crippen molar-refractivity contribution in [2.24, 2.45) is 5.73 Å². The van der Waals surface area contributed by atoms with E-state index >= 15 is 0 Å². The van der Waals surface area contributed by atoms with Gasteiger partial charge in [-0.3, -0.25) is 4.79 Å². The van der Waals surface area contributed by atoms with Crippen molar-refractivity contribution in [2.45, 2.75) is 19.4 Å². The van der Waals surface area contributed by atoms with Gasteiger partial charge in [0.2, 0.25) is 5.91 Å². The van der Waals surface area contributed by atoms with Crippen molar-refractivity contribution in [3.8, 4) is 5.75 Å². The molecule has 1 aromatic carbocycles. The number of benzene rings is 1. The summed E-state index contributed by atoms with van der Waals surface area (Å²) in [5.41, 5.74) is 6.96. The number of urea groups is 1. The molecule has 1 unspecified atom stereocenters. The number of carbonyl (C=O) groups excluding carboxylic acids is 2. The second-order valence-corrected chi connectivity index (χ2v) is 5.10. The van der Waals surface area contributed by atoms with Crippen molar-refractivity contribution >= 4 is 17.8 Å². The fourth-order valence-corrected chi connectivity index (χ4v) is 2.17. The first-order valence-corrected chi connectivity index (χ1v) is 7.02. The molecule has 1 heterocycles. The normalized spacial score (nSPS) is 11.5. The molecule has 3 amide bonds. The summed E-state index contributed by atoms with van der Waals surface area (Å²) in [6.07, 6.45) is 1.41. The zero-order valence-corrected chi connectivity index (χ0v) is 12.6. The number of nitrogens with one attached hydrogen (secondary N) is 2. The summed E-state index contributed by atoms with van der Waals surface area (Å²) in [6, 6.07) is 9.10. The molecule has 1 atom stereocenters. The Morgan fingerprint density at radius 3 is 2.74 bits per heavy atom. The van der Waals surface area contributed by atoms with Gasteiger partial charge in [0.25, 0.3) is 0 Å². The first kappa shape index (κ1) is 16.3. The van der Waals surface area contributed by atoms with Gasteiger partial charge < -0.3 is 21.5 Å². The lowest BCUT2D eigenvalue weighted by molar-refractivity contribution is -0.116. The van der Waals surface area contributed by atoms with Crippen LogP contribution in [-0.4, -0.2) is 22.0 Å². The molecule has 0 saturated heterocycles. The molecule has 0 spiro atoms. The zero-order chi connectivity index (χ0) is 16.8. The van der Waals surface area contributed by atoms with Crippen LogP contribution in [-0.2, 0) is 4.79 Å². The number of nitrogens with two attached hydrogens (primary N) is 1. The van der Waals surface area contributed by atoms with E-state index in [2.05, 4.69) is 15.6 Å². The third-order valence-electron chi connectivity index (χ3n) is 3.19. The third kappa shape index (κ3) is 4.70. The van der Waals surface area contributed by atoms with Crippen LogP contribution in [0.15, 0.2) is 42.6 Å². The van der Waals surface area contributed by atoms with Crippen molar-refractivity contribution in [3.63, 3.8) is 0 Å². The van der Waals surface area contributed by atoms with E-state index in [0.29, 0.717) is 0 Å². The predicted molar refractivity (Wildman–Crippen MR) is 85.8 cm³/mol. The molecule has 0 bridgehead atoms. The molecule has 23 heavy (non-hydrogen) atoms. The van der Waals surface area contributed by atoms with Crippen LogP contribution in [0.2, 0.25) is 0 Å². The Hall–Kier alpha value is -3.09. The van der Waals surface area contributed by atoms with Crippen LogP contribution in [0.5, 0.6) is 5.75 Å². The number of rotatable bonds is 5. The van der Waals surface area contributed by atoms with E-state index in [1.54, 1.807) is 12.1 Å². The fraction of sp³-hybridized carbons (Fsp3) is 0.188. The Kier molecular flexibility index (Phi) is 5.14. The van der Waals surface area contributed by atoms with Crippen LogP contribution >= 0.6 is 0 Å². The fourth-order valence-electron chi connectivity index (χ4n) is 2.17. The van der Waals surface area contributed by atoms with Gasteiger partial charge in [-0.05, 0) is 24.6 Å². The highest BCUT2D eigenvalue weighted by atomic mass is 16.3. The third-order valence-corrected chi connectivity index (χ3v) is 3.19. The van der Waals surface area contributed by atoms with E-state index in [1.807, 2.05) is 25.1 Å². The quantitative estimate of drug-likeness (QED) is 0.673. The first-order valence-electron chi connectivity index (χ1n) is 7.02. The van der Waals surface area contributed by atoms with Crippen LogP contribution in [0.25, 0.3) is 0 Å². The molecule has 1 aromatic heterocycles. The van der Waals surface area contributed by atoms with Crippen molar-refractivity contribution in [1.29, 1.82) is 0 Å². The number of primary amides is 1. The molecule has 0 aliphatic heterocycles. The number of aromatic hydroxyl groups is 1. The maximum absolute atomic E-state index is 12.2. The molecular weight excluding hydrogens is 296 g/mol. The van der Waals surface area contributed by atoms with Gasteiger partial charge in [-0.15, -0.1) is 0 Å². The Balaban J connectivity index is 2.13. The molecule has 2 aromatic rings. The molecule has 120 valence electrons. The number of carbonyl (C=O) groups is 2. The van der Waals surface area contributed by atoms with Gasteiger partial charge in [0, 0.05) is 6.20 Å². The Labute approximate surface area is 133 Å². The summed E-state index contributed by atoms with van der Waals surface area (Å²) in [6.45, 7) is 1.91. The maximum atomic E-state index is 12.2. The number of amides is 3. The minimum atomic E-state index is -0.718. The molecule has 0 aliphatic carbocycles. The zero-order valence-electron chi connectivity index (χ0n) is 12.6. The highest BCUT2D eigenvalue weighted by Crippen LogP contribution is 2.21. The lowest BCUT2D eigenvalue weighted by Gasteiger charge is -2.18. The van der Waals surface area contributed by atoms with Crippen molar-refractivity contribution < 1.29 is 14.7 Å². The number of anilines is 1. The Morgan fingerprint density at radius 2 is 2.09 bits per heavy atom. The minimum absolute atomic E-state index is 0.0393. The lowest BCUT2D eigenvalue weighted by atomic mass is 10.0. The number of pyridine rings is 1. The smallest absolute Gasteiger partial charge is 0.312 e. The van der Waals surface area contributed by atoms with Crippen LogP contribution in [0.4, 0.5) is 10.6 Å². The van der Waals surface area contributed by atoms with E-state index in [9.17, 15) is 14.7 Å². The Bertz CT molecular complexity index is 718. The number of nitrogens with zero attached hydrogens (tertiary/aromatic N) is 1. The molecule has 0 saturated carbocycles. The molecule has 0 aliphatic rings. The van der Waals surface area contributed by atoms with Crippen LogP contribution in [0, 0.1) is 6.92 Å². The molecular formula is C16H18N4O3. The largest absolute Gasteiger partial charge is 0.504 e. The molecule has 7 heteroatoms. The van der Waals surface area contributed by atoms with E-state index in [1.165, 1.54) is 12.3 Å². The molecule has 7 nitrogen and oxygen atoms in total. The van der Waals surface area contributed by atoms with Gasteiger partial charge in [-0.1, -0.05) is 29.8 Å². The standard InChI is InChI=1S/C16H18N4O3/c1-10-4-2-5-11(8-10)12(19-16(17)23)9-14(22)20-15-13(21)6-3-7-18-15/h2-8,12,21H,9H2,1H3,(H3,17,19,23)(H,18,20,22). The van der Waals surface area contributed by atoms with E-state index < -0.39 is 18.0 Å². The Morgan fingerprint density at radius 1 is 1.30 bits per heavy atom. The summed E-state index contributed by atoms with van der Waals surface area (Å²) >= 11 is 0. The number of hydrogen-bond acceptors (Lipinski definition) is 4. The average Bonchev–Trinajstić information content (AvgIpc) is 2.48. The minimum Gasteiger partial charge on any atom is -0.504 e. The van der Waals surface area contributed by atoms with E-state index in [4.69, 9.17) is 5.73 Å². The van der Waals surface area contributed by atoms with Crippen LogP contribution < -0.4 is 16.4 Å². The first-order chi connectivity index (χ1) is 11.0. The lowest BCUT2D eigenvalue weighted by Crippen LogP contribution is -2.35. The van der Waals surface area contributed by atoms with Gasteiger partial charge in [0.15, 0.2) is 11.6 Å². The van der Waals surface area contributed by atoms with Crippen LogP contribution in [0.1, 0.15) is 23.6 Å². The molecule has 5 N–H and O–H groups in total. The SMILES string of the molecule is Cc1cccc(C(CC(=O)Nc2ncccc2O)NC(N)=O)c1. The van der Waals surface area contributed by atoms with Crippen molar-refractivity contribution in [3.05, 3.63) is 53.7 Å². The topological polar surface area (TPSA) is 117 Å². The van der Waals surface area contributed by atoms with Crippen LogP contribution in [0.3, 0.4) is 0 Å². The highest BCUT2D eigenvalue weighted by molar-refractivity contribution is 5.91. The number of aryl methyl sites for hydroxylation is 1. The second kappa shape index (κ2) is 7.26. The summed E-state index contributed by atoms with van der Waals surface area (Å²) in [4.78, 5) is 27.2. The van der Waals surface area contributed by atoms with Gasteiger partial charge >= 0.3 is 6.03 Å². The summed E-state index contributed by atoms with van der Waals surface area (Å²) in [5, 5.41) is 14.7. The highest BCUT2D eigenvalue weighted by Gasteiger charge is 2.18. The number of hydrogen-bond donors (Lipinski definition) is 4. The van der Waals surface area contributed by atoms with E-state index in [-0.39, 0.29) is 18.0 Å². The molecule has 0 fully saturated rings. The molecule has 0 radical (unpaired) electrons. The summed E-state index contributed by atoms with van der Waals surface area (Å²) in [5.74, 6) is -0.463. The average molecular weight is 314 g/mol. The molecule has 2 rings (SSSR count). The van der Waals surface area contributed by atoms with Crippen molar-refractivity contribution in [2.75, 3.05) is 5.32 Å².